The summed E-state index contributed by atoms with van der Waals surface area (Å²) < 4.78 is 2.58. The van der Waals surface area contributed by atoms with Gasteiger partial charge in [-0.25, -0.2) is 11.3 Å². The fraction of sp³-hybridized carbons (Fsp3) is 0.255. The van der Waals surface area contributed by atoms with E-state index in [1.165, 1.54) is 58.9 Å². The third-order valence-corrected chi connectivity index (χ3v) is 14.6. The minimum atomic E-state index is -1.34. The largest absolute Gasteiger partial charge is 3.00 e. The number of pyridine rings is 1. The van der Waals surface area contributed by atoms with Crippen LogP contribution in [0.15, 0.2) is 140 Å². The molecule has 61 heavy (non-hydrogen) atoms. The van der Waals surface area contributed by atoms with Gasteiger partial charge in [-0.05, 0) is 93.1 Å². The third kappa shape index (κ3) is 9.34. The zero-order valence-electron chi connectivity index (χ0n) is 36.9. The Morgan fingerprint density at radius 3 is 2.05 bits per heavy atom. The molecule has 0 N–H and O–H groups in total. The average molecular weight is 1010 g/mol. The van der Waals surface area contributed by atoms with Crippen molar-refractivity contribution in [3.8, 4) is 22.4 Å². The molecule has 310 valence electrons. The van der Waals surface area contributed by atoms with Crippen LogP contribution in [0.4, 0.5) is 17.1 Å². The van der Waals surface area contributed by atoms with Gasteiger partial charge in [-0.1, -0.05) is 144 Å². The number of hydrogen-bond donors (Lipinski definition) is 0. The summed E-state index contributed by atoms with van der Waals surface area (Å²) >= 11 is 1.83. The molecule has 1 aliphatic rings. The van der Waals surface area contributed by atoms with Crippen molar-refractivity contribution in [1.29, 1.82) is 0 Å². The van der Waals surface area contributed by atoms with E-state index in [0.717, 1.165) is 34.6 Å². The number of para-hydroxylation sites is 2. The van der Waals surface area contributed by atoms with Gasteiger partial charge < -0.3 is 15.2 Å². The zero-order valence-corrected chi connectivity index (χ0v) is 41.1. The van der Waals surface area contributed by atoms with Crippen molar-refractivity contribution in [2.45, 2.75) is 85.6 Å². The first kappa shape index (κ1) is 44.2. The Morgan fingerprint density at radius 2 is 1.38 bits per heavy atom. The van der Waals surface area contributed by atoms with Gasteiger partial charge in [0.15, 0.2) is 0 Å². The van der Waals surface area contributed by atoms with Crippen molar-refractivity contribution in [2.75, 3.05) is 4.90 Å². The zero-order chi connectivity index (χ0) is 42.1. The quantitative estimate of drug-likeness (QED) is 0.107. The molecule has 3 heterocycles. The maximum Gasteiger partial charge on any atom is 3.00 e. The van der Waals surface area contributed by atoms with Crippen LogP contribution < -0.4 is 10.1 Å². The van der Waals surface area contributed by atoms with Gasteiger partial charge in [-0.15, -0.1) is 47.0 Å². The summed E-state index contributed by atoms with van der Waals surface area (Å²) in [7, 11) is -1.34. The Kier molecular flexibility index (Phi) is 13.5. The summed E-state index contributed by atoms with van der Waals surface area (Å²) in [6.45, 7) is 21.0. The van der Waals surface area contributed by atoms with E-state index in [1.807, 2.05) is 29.5 Å². The van der Waals surface area contributed by atoms with Crippen molar-refractivity contribution in [3.63, 3.8) is 0 Å². The molecule has 0 radical (unpaired) electrons. The molecule has 0 saturated heterocycles. The summed E-state index contributed by atoms with van der Waals surface area (Å²) in [5.74, 6) is 1.36. The Labute approximate surface area is 382 Å². The predicted molar refractivity (Wildman–Crippen MR) is 263 cm³/mol. The number of hydrogen-bond acceptors (Lipinski definition) is 3. The molecule has 8 aromatic rings. The number of thiophene rings is 1. The third-order valence-electron chi connectivity index (χ3n) is 11.4. The molecule has 1 unspecified atom stereocenters. The summed E-state index contributed by atoms with van der Waals surface area (Å²) in [5, 5.41) is 9.41. The monoisotopic (exact) mass is 1010 g/mol. The van der Waals surface area contributed by atoms with Gasteiger partial charge in [0.25, 0.3) is 0 Å². The van der Waals surface area contributed by atoms with Crippen LogP contribution >= 0.6 is 11.3 Å². The number of rotatable bonds is 9. The molecule has 6 heteroatoms. The minimum Gasteiger partial charge on any atom is -0.661 e. The second-order valence-electron chi connectivity index (χ2n) is 18.2. The molecule has 3 nitrogen and oxygen atoms in total. The summed E-state index contributed by atoms with van der Waals surface area (Å²) in [6, 6.07) is 54.6. The molecule has 0 spiro atoms. The molecule has 1 atom stereocenters. The van der Waals surface area contributed by atoms with Gasteiger partial charge in [0.1, 0.15) is 0 Å². The van der Waals surface area contributed by atoms with E-state index in [4.69, 9.17) is 5.32 Å². The van der Waals surface area contributed by atoms with Gasteiger partial charge >= 0.3 is 20.1 Å². The van der Waals surface area contributed by atoms with Crippen LogP contribution in [0.25, 0.3) is 47.9 Å². The molecule has 1 aliphatic heterocycles. The van der Waals surface area contributed by atoms with Crippen LogP contribution in [0, 0.1) is 18.1 Å². The van der Waals surface area contributed by atoms with E-state index in [0.29, 0.717) is 17.8 Å². The number of fused-ring (bicyclic) bond motifs is 4. The van der Waals surface area contributed by atoms with E-state index in [1.54, 1.807) is 0 Å². The molecule has 0 bridgehead atoms. The fourth-order valence-corrected chi connectivity index (χ4v) is 11.2. The molecule has 0 fully saturated rings. The SMILES string of the molecule is CC(C)Cc1cc(-c2[c-]cccc2)ncc1[Si](C)(C)C.CC(C)c1cc(-c2ccccc2)cc(C(C)C)c1N1c2ccccc2[N-]C1c1[c-]cc2sc3ccccc3c2c1.[Ir+3]. The molecule has 9 rings (SSSR count). The maximum absolute atomic E-state index is 5.33. The van der Waals surface area contributed by atoms with Gasteiger partial charge in [0.05, 0.1) is 8.07 Å². The van der Waals surface area contributed by atoms with E-state index < -0.39 is 8.07 Å². The maximum atomic E-state index is 5.33. The molecular weight excluding hydrogens is 955 g/mol. The number of anilines is 2. The van der Waals surface area contributed by atoms with Crippen molar-refractivity contribution in [3.05, 3.63) is 179 Å². The van der Waals surface area contributed by atoms with E-state index >= 15 is 0 Å². The first-order chi connectivity index (χ1) is 28.9. The predicted octanol–water partition coefficient (Wildman–Crippen LogP) is 15.9. The van der Waals surface area contributed by atoms with Crippen LogP contribution in [-0.4, -0.2) is 13.1 Å². The second kappa shape index (κ2) is 18.6. The molecule has 0 aliphatic carbocycles. The Morgan fingerprint density at radius 1 is 0.705 bits per heavy atom. The summed E-state index contributed by atoms with van der Waals surface area (Å²) in [4.78, 5) is 7.17. The van der Waals surface area contributed by atoms with Crippen molar-refractivity contribution in [1.82, 2.24) is 4.98 Å². The van der Waals surface area contributed by atoms with Gasteiger partial charge in [-0.3, -0.25) is 0 Å². The van der Waals surface area contributed by atoms with E-state index in [9.17, 15) is 0 Å². The Hall–Kier alpha value is -4.84. The van der Waals surface area contributed by atoms with Gasteiger partial charge in [-0.2, -0.15) is 23.8 Å². The molecule has 6 aromatic carbocycles. The smallest absolute Gasteiger partial charge is 0.661 e. The fourth-order valence-electron chi connectivity index (χ4n) is 8.50. The molecule has 2 aromatic heterocycles. The number of aromatic nitrogens is 1. The molecule has 0 saturated carbocycles. The summed E-state index contributed by atoms with van der Waals surface area (Å²) in [5.41, 5.74) is 13.4. The van der Waals surface area contributed by atoms with E-state index in [-0.39, 0.29) is 26.3 Å². The van der Waals surface area contributed by atoms with E-state index in [2.05, 4.69) is 205 Å². The van der Waals surface area contributed by atoms with Crippen LogP contribution in [0.2, 0.25) is 19.6 Å². The molecule has 0 amide bonds. The molecular formula is C55H56IrN3SSi. The first-order valence-electron chi connectivity index (χ1n) is 21.5. The Balaban J connectivity index is 0.000000226. The van der Waals surface area contributed by atoms with Crippen molar-refractivity contribution >= 4 is 61.8 Å². The first-order valence-corrected chi connectivity index (χ1v) is 25.8. The Bertz CT molecular complexity index is 2720. The number of nitrogens with zero attached hydrogens (tertiary/aromatic N) is 3. The van der Waals surface area contributed by atoms with Crippen LogP contribution in [0.1, 0.15) is 81.8 Å². The second-order valence-corrected chi connectivity index (χ2v) is 24.3. The normalized spacial score (nSPS) is 13.6. The van der Waals surface area contributed by atoms with Crippen LogP contribution in [-0.2, 0) is 26.5 Å². The van der Waals surface area contributed by atoms with Crippen LogP contribution in [0.5, 0.6) is 0 Å². The standard InChI is InChI=1S/C37H32N2S.C18H24NSi.Ir/c1-23(2)29-21-27(25-12-6-5-7-13-25)22-30(24(3)4)36(29)39-33-16-10-9-15-32(33)38-37(39)26-18-19-35-31(20-26)28-14-8-11-17-34(28)40-35;1-14(2)11-16-12-17(15-9-7-6-8-10-15)19-13-18(16)20(3,4)5;/h5-17,19-24,37H,1-4H3;6-9,12-14H,11H2,1-5H3;/q-2;-1;+3. The average Bonchev–Trinajstić information content (AvgIpc) is 3.82. The number of benzene rings is 6. The van der Waals surface area contributed by atoms with Crippen LogP contribution in [0.3, 0.4) is 0 Å². The van der Waals surface area contributed by atoms with Gasteiger partial charge in [0, 0.05) is 22.3 Å². The van der Waals surface area contributed by atoms with Crippen molar-refractivity contribution < 1.29 is 20.1 Å². The topological polar surface area (TPSA) is 30.2 Å². The van der Waals surface area contributed by atoms with Crippen molar-refractivity contribution in [2.24, 2.45) is 5.92 Å². The minimum absolute atomic E-state index is 0. The van der Waals surface area contributed by atoms with Gasteiger partial charge in [0.2, 0.25) is 0 Å². The summed E-state index contributed by atoms with van der Waals surface area (Å²) in [6.07, 6.45) is 3.06.